The van der Waals surface area contributed by atoms with Crippen molar-refractivity contribution in [3.8, 4) is 0 Å². The second-order valence-corrected chi connectivity index (χ2v) is 2.36. The van der Waals surface area contributed by atoms with E-state index in [9.17, 15) is 0 Å². The van der Waals surface area contributed by atoms with Crippen molar-refractivity contribution < 1.29 is 5.11 Å². The van der Waals surface area contributed by atoms with Gasteiger partial charge in [-0.2, -0.15) is 0 Å². The first-order valence-electron chi connectivity index (χ1n) is 3.43. The molecule has 1 radical (unpaired) electrons. The van der Waals surface area contributed by atoms with Gasteiger partial charge in [-0.1, -0.05) is 0 Å². The Morgan fingerprint density at radius 2 is 2.33 bits per heavy atom. The minimum atomic E-state index is -0.857. The molecule has 0 saturated carbocycles. The zero-order valence-corrected chi connectivity index (χ0v) is 6.25. The van der Waals surface area contributed by atoms with Crippen LogP contribution in [0.5, 0.6) is 0 Å². The third-order valence-electron chi connectivity index (χ3n) is 1.56. The second kappa shape index (κ2) is 2.53. The molecule has 1 unspecified atom stereocenters. The summed E-state index contributed by atoms with van der Waals surface area (Å²) in [6, 6.07) is 0. The molecule has 0 aliphatic heterocycles. The van der Waals surface area contributed by atoms with E-state index in [-0.39, 0.29) is 0 Å². The van der Waals surface area contributed by atoms with E-state index >= 15 is 0 Å². The maximum atomic E-state index is 9.16. The van der Waals surface area contributed by atoms with E-state index in [1.165, 1.54) is 17.2 Å². The zero-order valence-electron chi connectivity index (χ0n) is 6.25. The van der Waals surface area contributed by atoms with Crippen LogP contribution < -0.4 is 0 Å². The Bertz CT molecular complexity index is 395. The first kappa shape index (κ1) is 7.17. The largest absolute Gasteiger partial charge is 0.373 e. The number of aliphatic hydroxyl groups is 1. The molecule has 0 aliphatic carbocycles. The number of aliphatic hydroxyl groups excluding tert-OH is 1. The minimum absolute atomic E-state index is 0.590. The van der Waals surface area contributed by atoms with E-state index in [0.29, 0.717) is 11.2 Å². The number of nitrogens with zero attached hydrogens (tertiary/aromatic N) is 4. The van der Waals surface area contributed by atoms with Crippen LogP contribution in [0.3, 0.4) is 0 Å². The van der Waals surface area contributed by atoms with E-state index in [1.807, 2.05) is 0 Å². The Balaban J connectivity index is 2.70. The number of imidazole rings is 1. The summed E-state index contributed by atoms with van der Waals surface area (Å²) in [6.07, 6.45) is 3.62. The van der Waals surface area contributed by atoms with Gasteiger partial charge in [0.15, 0.2) is 5.65 Å². The second-order valence-electron chi connectivity index (χ2n) is 2.36. The predicted octanol–water partition coefficient (Wildman–Crippen LogP) is 0.151. The molecule has 0 aliphatic rings. The molecule has 2 aromatic rings. The fourth-order valence-corrected chi connectivity index (χ4v) is 1.00. The van der Waals surface area contributed by atoms with Crippen LogP contribution >= 0.6 is 0 Å². The summed E-state index contributed by atoms with van der Waals surface area (Å²) in [5, 5.41) is 9.16. The molecule has 0 saturated heterocycles. The standard InChI is InChI=1S/C7H7N4O/c1-5(12)11-4-10-6-2-8-3-9-7(6)11/h2-5,12H,1H2. The van der Waals surface area contributed by atoms with Gasteiger partial charge in [0.1, 0.15) is 18.1 Å². The van der Waals surface area contributed by atoms with Crippen LogP contribution in [-0.2, 0) is 0 Å². The molecule has 2 aromatic heterocycles. The quantitative estimate of drug-likeness (QED) is 0.650. The summed E-state index contributed by atoms with van der Waals surface area (Å²) >= 11 is 0. The Hall–Kier alpha value is -1.49. The van der Waals surface area contributed by atoms with Crippen LogP contribution in [-0.4, -0.2) is 24.6 Å². The maximum Gasteiger partial charge on any atom is 0.165 e. The van der Waals surface area contributed by atoms with E-state index in [1.54, 1.807) is 6.20 Å². The van der Waals surface area contributed by atoms with Crippen molar-refractivity contribution in [2.24, 2.45) is 0 Å². The lowest BCUT2D eigenvalue weighted by Gasteiger charge is -2.04. The summed E-state index contributed by atoms with van der Waals surface area (Å²) in [5.74, 6) is 0. The van der Waals surface area contributed by atoms with E-state index in [4.69, 9.17) is 5.11 Å². The van der Waals surface area contributed by atoms with Crippen molar-refractivity contribution in [3.63, 3.8) is 0 Å². The molecule has 0 spiro atoms. The average molecular weight is 163 g/mol. The molecule has 5 nitrogen and oxygen atoms in total. The Kier molecular flexibility index (Phi) is 1.51. The number of rotatable bonds is 1. The number of hydrogen-bond donors (Lipinski definition) is 1. The third kappa shape index (κ3) is 0.947. The molecular formula is C7H7N4O. The smallest absolute Gasteiger partial charge is 0.165 e. The summed E-state index contributed by atoms with van der Waals surface area (Å²) in [6.45, 7) is 3.45. The Morgan fingerprint density at radius 1 is 1.50 bits per heavy atom. The van der Waals surface area contributed by atoms with Crippen molar-refractivity contribution >= 4 is 11.2 Å². The third-order valence-corrected chi connectivity index (χ3v) is 1.56. The van der Waals surface area contributed by atoms with Gasteiger partial charge >= 0.3 is 0 Å². The number of fused-ring (bicyclic) bond motifs is 1. The molecule has 2 heterocycles. The van der Waals surface area contributed by atoms with Gasteiger partial charge in [0.25, 0.3) is 0 Å². The Labute approximate surface area is 68.7 Å². The summed E-state index contributed by atoms with van der Waals surface area (Å²) < 4.78 is 1.47. The normalized spacial score (nSPS) is 13.5. The fraction of sp³-hybridized carbons (Fsp3) is 0.143. The fourth-order valence-electron chi connectivity index (χ4n) is 1.00. The van der Waals surface area contributed by atoms with Crippen LogP contribution in [0.2, 0.25) is 0 Å². The molecule has 1 atom stereocenters. The van der Waals surface area contributed by atoms with E-state index in [0.717, 1.165) is 0 Å². The molecule has 0 fully saturated rings. The van der Waals surface area contributed by atoms with E-state index < -0.39 is 6.23 Å². The van der Waals surface area contributed by atoms with Crippen LogP contribution in [0.25, 0.3) is 11.2 Å². The average Bonchev–Trinajstić information content (AvgIpc) is 2.47. The van der Waals surface area contributed by atoms with Gasteiger partial charge in [-0.15, -0.1) is 0 Å². The van der Waals surface area contributed by atoms with Gasteiger partial charge in [-0.25, -0.2) is 15.0 Å². The Morgan fingerprint density at radius 3 is 3.08 bits per heavy atom. The first-order chi connectivity index (χ1) is 5.79. The van der Waals surface area contributed by atoms with Crippen LogP contribution in [0.1, 0.15) is 6.23 Å². The van der Waals surface area contributed by atoms with Crippen LogP contribution in [0.4, 0.5) is 0 Å². The molecule has 5 heteroatoms. The lowest BCUT2D eigenvalue weighted by atomic mass is 10.5. The molecular weight excluding hydrogens is 156 g/mol. The summed E-state index contributed by atoms with van der Waals surface area (Å²) in [5.41, 5.74) is 1.24. The van der Waals surface area contributed by atoms with Crippen LogP contribution in [0, 0.1) is 6.92 Å². The van der Waals surface area contributed by atoms with E-state index in [2.05, 4.69) is 21.9 Å². The number of aromatic nitrogens is 4. The highest BCUT2D eigenvalue weighted by Gasteiger charge is 2.06. The minimum Gasteiger partial charge on any atom is -0.373 e. The van der Waals surface area contributed by atoms with Gasteiger partial charge in [0, 0.05) is 0 Å². The molecule has 61 valence electrons. The predicted molar refractivity (Wildman–Crippen MR) is 41.9 cm³/mol. The van der Waals surface area contributed by atoms with Crippen molar-refractivity contribution in [1.82, 2.24) is 19.5 Å². The lowest BCUT2D eigenvalue weighted by Crippen LogP contribution is -2.02. The topological polar surface area (TPSA) is 63.8 Å². The van der Waals surface area contributed by atoms with Crippen LogP contribution in [0.15, 0.2) is 18.9 Å². The van der Waals surface area contributed by atoms with Gasteiger partial charge in [0.05, 0.1) is 12.5 Å². The summed E-state index contributed by atoms with van der Waals surface area (Å²) in [7, 11) is 0. The monoisotopic (exact) mass is 163 g/mol. The van der Waals surface area contributed by atoms with Gasteiger partial charge in [-0.05, 0) is 6.92 Å². The molecule has 1 N–H and O–H groups in total. The molecule has 0 bridgehead atoms. The van der Waals surface area contributed by atoms with Crippen molar-refractivity contribution in [2.75, 3.05) is 0 Å². The lowest BCUT2D eigenvalue weighted by molar-refractivity contribution is 0.155. The highest BCUT2D eigenvalue weighted by Crippen LogP contribution is 2.10. The van der Waals surface area contributed by atoms with Crippen molar-refractivity contribution in [2.45, 2.75) is 6.23 Å². The molecule has 12 heavy (non-hydrogen) atoms. The van der Waals surface area contributed by atoms with Gasteiger partial charge in [-0.3, -0.25) is 4.57 Å². The van der Waals surface area contributed by atoms with Gasteiger partial charge in [0.2, 0.25) is 0 Å². The summed E-state index contributed by atoms with van der Waals surface area (Å²) in [4.78, 5) is 11.7. The first-order valence-corrected chi connectivity index (χ1v) is 3.43. The molecule has 2 rings (SSSR count). The highest BCUT2D eigenvalue weighted by molar-refractivity contribution is 5.68. The maximum absolute atomic E-state index is 9.16. The molecule has 0 aromatic carbocycles. The number of hydrogen-bond acceptors (Lipinski definition) is 4. The van der Waals surface area contributed by atoms with Crippen molar-refractivity contribution in [3.05, 3.63) is 25.8 Å². The SMILES string of the molecule is [CH2]C(O)n1cnc2cncnc21. The zero-order chi connectivity index (χ0) is 8.55. The van der Waals surface area contributed by atoms with Gasteiger partial charge < -0.3 is 5.11 Å². The van der Waals surface area contributed by atoms with Crippen molar-refractivity contribution in [1.29, 1.82) is 0 Å². The highest BCUT2D eigenvalue weighted by atomic mass is 16.3. The molecule has 0 amide bonds.